The summed E-state index contributed by atoms with van der Waals surface area (Å²) in [5.41, 5.74) is 1.31. The molecule has 0 bridgehead atoms. The molecule has 19 heavy (non-hydrogen) atoms. The van der Waals surface area contributed by atoms with E-state index >= 15 is 0 Å². The lowest BCUT2D eigenvalue weighted by Crippen LogP contribution is -2.17. The number of para-hydroxylation sites is 1. The average Bonchev–Trinajstić information content (AvgIpc) is 3.08. The molecule has 4 heteroatoms. The van der Waals surface area contributed by atoms with Gasteiger partial charge < -0.3 is 14.9 Å². The maximum absolute atomic E-state index is 4.18. The van der Waals surface area contributed by atoms with E-state index in [0.717, 1.165) is 31.9 Å². The number of H-pyrrole nitrogens is 1. The lowest BCUT2D eigenvalue weighted by molar-refractivity contribution is 0.582. The number of aromatic amines is 1. The first kappa shape index (κ1) is 12.0. The van der Waals surface area contributed by atoms with Gasteiger partial charge in [0.2, 0.25) is 0 Å². The lowest BCUT2D eigenvalue weighted by atomic mass is 10.2. The molecule has 3 rings (SSSR count). The minimum Gasteiger partial charge on any atom is -0.348 e. The Morgan fingerprint density at radius 1 is 1.21 bits per heavy atom. The fourth-order valence-electron chi connectivity index (χ4n) is 2.31. The minimum absolute atomic E-state index is 0.805. The summed E-state index contributed by atoms with van der Waals surface area (Å²) < 4.78 is 2.31. The van der Waals surface area contributed by atoms with Crippen molar-refractivity contribution in [2.45, 2.75) is 19.5 Å². The van der Waals surface area contributed by atoms with Crippen LogP contribution in [0.4, 0.5) is 0 Å². The molecule has 4 nitrogen and oxygen atoms in total. The van der Waals surface area contributed by atoms with Crippen molar-refractivity contribution < 1.29 is 0 Å². The van der Waals surface area contributed by atoms with Crippen LogP contribution in [0.3, 0.4) is 0 Å². The molecule has 0 fully saturated rings. The molecule has 0 aliphatic heterocycles. The van der Waals surface area contributed by atoms with E-state index < -0.39 is 0 Å². The van der Waals surface area contributed by atoms with Gasteiger partial charge in [-0.3, -0.25) is 0 Å². The van der Waals surface area contributed by atoms with E-state index in [9.17, 15) is 0 Å². The van der Waals surface area contributed by atoms with Crippen molar-refractivity contribution in [2.24, 2.45) is 0 Å². The monoisotopic (exact) mass is 254 g/mol. The predicted molar refractivity (Wildman–Crippen MR) is 76.8 cm³/mol. The molecule has 2 N–H and O–H groups in total. The van der Waals surface area contributed by atoms with Gasteiger partial charge in [-0.25, -0.2) is 4.98 Å². The van der Waals surface area contributed by atoms with Crippen molar-refractivity contribution in [3.63, 3.8) is 0 Å². The van der Waals surface area contributed by atoms with Crippen LogP contribution in [-0.2, 0) is 13.1 Å². The van der Waals surface area contributed by atoms with Gasteiger partial charge >= 0.3 is 0 Å². The van der Waals surface area contributed by atoms with E-state index in [1.54, 1.807) is 6.20 Å². The number of nitrogens with zero attached hydrogens (tertiary/aromatic N) is 2. The molecule has 0 saturated heterocycles. The third kappa shape index (κ3) is 2.85. The number of hydrogen-bond acceptors (Lipinski definition) is 2. The Balaban J connectivity index is 1.47. The van der Waals surface area contributed by atoms with Gasteiger partial charge in [-0.15, -0.1) is 0 Å². The molecule has 98 valence electrons. The molecule has 0 saturated carbocycles. The van der Waals surface area contributed by atoms with Crippen LogP contribution in [0.15, 0.2) is 48.9 Å². The van der Waals surface area contributed by atoms with Crippen LogP contribution in [-0.4, -0.2) is 21.1 Å². The highest BCUT2D eigenvalue weighted by Gasteiger charge is 1.99. The SMILES string of the molecule is c1ccc2c(c1)ccn2CCCNCc1ncc[nH]1. The summed E-state index contributed by atoms with van der Waals surface area (Å²) in [7, 11) is 0. The van der Waals surface area contributed by atoms with E-state index in [0.29, 0.717) is 0 Å². The van der Waals surface area contributed by atoms with Gasteiger partial charge in [0, 0.05) is 30.7 Å². The van der Waals surface area contributed by atoms with Crippen molar-refractivity contribution in [3.05, 3.63) is 54.7 Å². The number of hydrogen-bond donors (Lipinski definition) is 2. The molecule has 1 aromatic carbocycles. The summed E-state index contributed by atoms with van der Waals surface area (Å²) >= 11 is 0. The third-order valence-corrected chi connectivity index (χ3v) is 3.28. The molecule has 0 radical (unpaired) electrons. The molecular formula is C15H18N4. The lowest BCUT2D eigenvalue weighted by Gasteiger charge is -2.06. The van der Waals surface area contributed by atoms with Gasteiger partial charge in [-0.1, -0.05) is 18.2 Å². The van der Waals surface area contributed by atoms with Crippen molar-refractivity contribution in [3.8, 4) is 0 Å². The Kier molecular flexibility index (Phi) is 3.61. The number of aryl methyl sites for hydroxylation is 1. The molecule has 0 aliphatic rings. The minimum atomic E-state index is 0.805. The quantitative estimate of drug-likeness (QED) is 0.664. The first-order valence-corrected chi connectivity index (χ1v) is 6.66. The number of rotatable bonds is 6. The van der Waals surface area contributed by atoms with Crippen molar-refractivity contribution in [2.75, 3.05) is 6.54 Å². The number of benzene rings is 1. The fraction of sp³-hybridized carbons (Fsp3) is 0.267. The Morgan fingerprint density at radius 3 is 3.05 bits per heavy atom. The van der Waals surface area contributed by atoms with Crippen molar-refractivity contribution in [1.82, 2.24) is 19.9 Å². The summed E-state index contributed by atoms with van der Waals surface area (Å²) in [4.78, 5) is 7.27. The van der Waals surface area contributed by atoms with Gasteiger partial charge in [0.05, 0.1) is 6.54 Å². The Labute approximate surface area is 112 Å². The first-order valence-electron chi connectivity index (χ1n) is 6.66. The summed E-state index contributed by atoms with van der Waals surface area (Å²) in [6, 6.07) is 10.7. The Bertz CT molecular complexity index is 624. The van der Waals surface area contributed by atoms with Gasteiger partial charge in [0.15, 0.2) is 0 Å². The van der Waals surface area contributed by atoms with Gasteiger partial charge in [-0.2, -0.15) is 0 Å². The van der Waals surface area contributed by atoms with Gasteiger partial charge in [0.25, 0.3) is 0 Å². The summed E-state index contributed by atoms with van der Waals surface area (Å²) in [5, 5.41) is 4.70. The molecule has 0 aliphatic carbocycles. The highest BCUT2D eigenvalue weighted by atomic mass is 15.0. The molecule has 0 spiro atoms. The van der Waals surface area contributed by atoms with Gasteiger partial charge in [0.1, 0.15) is 5.82 Å². The van der Waals surface area contributed by atoms with Gasteiger partial charge in [-0.05, 0) is 30.5 Å². The second-order valence-electron chi connectivity index (χ2n) is 4.63. The zero-order valence-electron chi connectivity index (χ0n) is 10.8. The number of nitrogens with one attached hydrogen (secondary N) is 2. The molecular weight excluding hydrogens is 236 g/mol. The average molecular weight is 254 g/mol. The van der Waals surface area contributed by atoms with Crippen molar-refractivity contribution >= 4 is 10.9 Å². The molecule has 0 unspecified atom stereocenters. The molecule has 2 heterocycles. The van der Waals surface area contributed by atoms with E-state index in [1.165, 1.54) is 10.9 Å². The zero-order valence-corrected chi connectivity index (χ0v) is 10.8. The van der Waals surface area contributed by atoms with Crippen LogP contribution in [0, 0.1) is 0 Å². The molecule has 0 atom stereocenters. The number of imidazole rings is 1. The van der Waals surface area contributed by atoms with Crippen LogP contribution in [0.5, 0.6) is 0 Å². The van der Waals surface area contributed by atoms with E-state index in [2.05, 4.69) is 56.4 Å². The first-order chi connectivity index (χ1) is 9.43. The fourth-order valence-corrected chi connectivity index (χ4v) is 2.31. The maximum atomic E-state index is 4.18. The number of fused-ring (bicyclic) bond motifs is 1. The van der Waals surface area contributed by atoms with E-state index in [1.807, 2.05) is 6.20 Å². The smallest absolute Gasteiger partial charge is 0.120 e. The zero-order chi connectivity index (χ0) is 12.9. The van der Waals surface area contributed by atoms with Crippen LogP contribution < -0.4 is 5.32 Å². The second-order valence-corrected chi connectivity index (χ2v) is 4.63. The van der Waals surface area contributed by atoms with Crippen molar-refractivity contribution in [1.29, 1.82) is 0 Å². The summed E-state index contributed by atoms with van der Waals surface area (Å²) in [6.07, 6.45) is 6.91. The predicted octanol–water partition coefficient (Wildman–Crippen LogP) is 2.54. The maximum Gasteiger partial charge on any atom is 0.120 e. The van der Waals surface area contributed by atoms with Crippen LogP contribution in [0.1, 0.15) is 12.2 Å². The van der Waals surface area contributed by atoms with Crippen LogP contribution in [0.25, 0.3) is 10.9 Å². The largest absolute Gasteiger partial charge is 0.348 e. The van der Waals surface area contributed by atoms with Crippen LogP contribution in [0.2, 0.25) is 0 Å². The standard InChI is InChI=1S/C15H18N4/c1-2-5-14-13(4-1)6-11-19(14)10-3-7-16-12-15-17-8-9-18-15/h1-2,4-6,8-9,11,16H,3,7,10,12H2,(H,17,18). The Hall–Kier alpha value is -2.07. The summed E-state index contributed by atoms with van der Waals surface area (Å²) in [5.74, 6) is 0.992. The molecule has 0 amide bonds. The third-order valence-electron chi connectivity index (χ3n) is 3.28. The van der Waals surface area contributed by atoms with E-state index in [4.69, 9.17) is 0 Å². The highest BCUT2D eigenvalue weighted by molar-refractivity contribution is 5.79. The summed E-state index contributed by atoms with van der Waals surface area (Å²) in [6.45, 7) is 2.84. The Morgan fingerprint density at radius 2 is 2.16 bits per heavy atom. The van der Waals surface area contributed by atoms with E-state index in [-0.39, 0.29) is 0 Å². The molecule has 3 aromatic rings. The number of aromatic nitrogens is 3. The highest BCUT2D eigenvalue weighted by Crippen LogP contribution is 2.15. The molecule has 2 aromatic heterocycles. The van der Waals surface area contributed by atoms with Crippen LogP contribution >= 0.6 is 0 Å². The topological polar surface area (TPSA) is 45.6 Å². The normalized spacial score (nSPS) is 11.2. The second kappa shape index (κ2) is 5.71.